The number of nitrogens with zero attached hydrogens (tertiary/aromatic N) is 3. The molecule has 40 heavy (non-hydrogen) atoms. The van der Waals surface area contributed by atoms with E-state index in [9.17, 15) is 35.5 Å². The van der Waals surface area contributed by atoms with Crippen LogP contribution in [0.1, 0.15) is 53.2 Å². The zero-order chi connectivity index (χ0) is 28.8. The summed E-state index contributed by atoms with van der Waals surface area (Å²) in [6.45, 7) is 1.40. The van der Waals surface area contributed by atoms with E-state index in [-0.39, 0.29) is 24.1 Å². The number of alkyl halides is 6. The molecule has 0 radical (unpaired) electrons. The lowest BCUT2D eigenvalue weighted by atomic mass is 9.84. The SMILES string of the molecule is C[C@@H](O[C@H]1CN2C(=O)C=C(c3cncnc3)C[C@H]2C1c1ccc(F)cc1)c1cc(C(F)(F)F)cc(C(F)(F)F)c1. The van der Waals surface area contributed by atoms with E-state index in [4.69, 9.17) is 4.74 Å². The first-order valence-electron chi connectivity index (χ1n) is 12.3. The summed E-state index contributed by atoms with van der Waals surface area (Å²) < 4.78 is 101. The molecule has 1 aromatic heterocycles. The molecule has 5 rings (SSSR count). The Balaban J connectivity index is 1.49. The normalized spacial score (nSPS) is 22.2. The second kappa shape index (κ2) is 10.3. The molecule has 3 aromatic rings. The van der Waals surface area contributed by atoms with Crippen LogP contribution in [-0.2, 0) is 21.9 Å². The number of carbonyl (C=O) groups excluding carboxylic acids is 1. The van der Waals surface area contributed by atoms with Crippen molar-refractivity contribution in [3.8, 4) is 0 Å². The lowest BCUT2D eigenvalue weighted by Crippen LogP contribution is -2.39. The number of hydrogen-bond acceptors (Lipinski definition) is 4. The van der Waals surface area contributed by atoms with Crippen LogP contribution in [0.5, 0.6) is 0 Å². The van der Waals surface area contributed by atoms with Gasteiger partial charge in [0.05, 0.1) is 23.3 Å². The van der Waals surface area contributed by atoms with Crippen LogP contribution in [0, 0.1) is 5.82 Å². The summed E-state index contributed by atoms with van der Waals surface area (Å²) in [6.07, 6.45) is -5.73. The Kier molecular flexibility index (Phi) is 7.15. The van der Waals surface area contributed by atoms with Crippen LogP contribution in [0.25, 0.3) is 5.57 Å². The van der Waals surface area contributed by atoms with E-state index in [2.05, 4.69) is 9.97 Å². The summed E-state index contributed by atoms with van der Waals surface area (Å²) in [6, 6.07) is 6.41. The lowest BCUT2D eigenvalue weighted by Gasteiger charge is -2.32. The van der Waals surface area contributed by atoms with Crippen LogP contribution in [0.3, 0.4) is 0 Å². The molecule has 0 bridgehead atoms. The summed E-state index contributed by atoms with van der Waals surface area (Å²) in [5.74, 6) is -1.37. The van der Waals surface area contributed by atoms with Crippen molar-refractivity contribution < 1.29 is 40.3 Å². The van der Waals surface area contributed by atoms with Crippen molar-refractivity contribution in [3.63, 3.8) is 0 Å². The number of amides is 1. The highest BCUT2D eigenvalue weighted by Crippen LogP contribution is 2.45. The minimum absolute atomic E-state index is 0.0377. The first kappa shape index (κ1) is 27.8. The maximum Gasteiger partial charge on any atom is 0.416 e. The molecule has 1 saturated heterocycles. The predicted octanol–water partition coefficient (Wildman–Crippen LogP) is 6.58. The molecule has 2 aliphatic rings. The molecule has 1 amide bonds. The standard InChI is InChI=1S/C28H22F7N3O2/c1-15(17-6-20(27(30,31)32)10-21(7-17)28(33,34)35)40-24-13-38-23(26(24)16-2-4-22(29)5-3-16)8-18(9-25(38)39)19-11-36-14-37-12-19/h2-7,9-12,14-15,23-24,26H,8,13H2,1H3/t15-,23+,24+,26?/m1/s1. The van der Waals surface area contributed by atoms with Crippen molar-refractivity contribution in [3.05, 3.63) is 101 Å². The summed E-state index contributed by atoms with van der Waals surface area (Å²) in [5.41, 5.74) is -1.28. The van der Waals surface area contributed by atoms with Gasteiger partial charge >= 0.3 is 12.4 Å². The zero-order valence-corrected chi connectivity index (χ0v) is 20.9. The van der Waals surface area contributed by atoms with Gasteiger partial charge in [0.15, 0.2) is 0 Å². The highest BCUT2D eigenvalue weighted by molar-refractivity contribution is 5.97. The van der Waals surface area contributed by atoms with Gasteiger partial charge in [0, 0.05) is 42.5 Å². The number of carbonyl (C=O) groups is 1. The molecule has 0 saturated carbocycles. The Labute approximate surface area is 224 Å². The van der Waals surface area contributed by atoms with Crippen molar-refractivity contribution in [2.24, 2.45) is 0 Å². The van der Waals surface area contributed by atoms with Crippen molar-refractivity contribution in [1.29, 1.82) is 0 Å². The van der Waals surface area contributed by atoms with Gasteiger partial charge in [-0.3, -0.25) is 4.79 Å². The maximum absolute atomic E-state index is 13.7. The van der Waals surface area contributed by atoms with E-state index in [0.717, 1.165) is 0 Å². The summed E-state index contributed by atoms with van der Waals surface area (Å²) >= 11 is 0. The predicted molar refractivity (Wildman–Crippen MR) is 129 cm³/mol. The summed E-state index contributed by atoms with van der Waals surface area (Å²) in [7, 11) is 0. The number of hydrogen-bond donors (Lipinski definition) is 0. The van der Waals surface area contributed by atoms with Crippen LogP contribution in [0.4, 0.5) is 30.7 Å². The number of fused-ring (bicyclic) bond motifs is 1. The van der Waals surface area contributed by atoms with E-state index in [1.54, 1.807) is 17.3 Å². The fourth-order valence-electron chi connectivity index (χ4n) is 5.36. The summed E-state index contributed by atoms with van der Waals surface area (Å²) in [5, 5.41) is 0. The molecule has 1 fully saturated rings. The molecule has 0 N–H and O–H groups in total. The first-order chi connectivity index (χ1) is 18.8. The van der Waals surface area contributed by atoms with Crippen LogP contribution >= 0.6 is 0 Å². The molecule has 12 heteroatoms. The Hall–Kier alpha value is -3.80. The van der Waals surface area contributed by atoms with Gasteiger partial charge in [0.2, 0.25) is 5.91 Å². The number of aromatic nitrogens is 2. The summed E-state index contributed by atoms with van der Waals surface area (Å²) in [4.78, 5) is 22.7. The third-order valence-corrected chi connectivity index (χ3v) is 7.25. The topological polar surface area (TPSA) is 55.3 Å². The zero-order valence-electron chi connectivity index (χ0n) is 20.9. The Morgan fingerprint density at radius 2 is 1.55 bits per heavy atom. The lowest BCUT2D eigenvalue weighted by molar-refractivity contribution is -0.143. The van der Waals surface area contributed by atoms with Crippen LogP contribution in [0.2, 0.25) is 0 Å². The Morgan fingerprint density at radius 3 is 2.12 bits per heavy atom. The Bertz CT molecular complexity index is 1390. The molecular formula is C28H22F7N3O2. The van der Waals surface area contributed by atoms with Gasteiger partial charge in [-0.25, -0.2) is 14.4 Å². The van der Waals surface area contributed by atoms with Crippen LogP contribution in [0.15, 0.2) is 67.3 Å². The van der Waals surface area contributed by atoms with Crippen molar-refractivity contribution in [2.75, 3.05) is 6.54 Å². The molecular weight excluding hydrogens is 543 g/mol. The molecule has 1 unspecified atom stereocenters. The van der Waals surface area contributed by atoms with Crippen molar-refractivity contribution >= 4 is 11.5 Å². The third kappa shape index (κ3) is 5.58. The molecule has 2 aromatic carbocycles. The third-order valence-electron chi connectivity index (χ3n) is 7.25. The highest BCUT2D eigenvalue weighted by atomic mass is 19.4. The van der Waals surface area contributed by atoms with Crippen LogP contribution < -0.4 is 0 Å². The number of benzene rings is 2. The minimum Gasteiger partial charge on any atom is -0.368 e. The maximum atomic E-state index is 13.7. The van der Waals surface area contributed by atoms with Gasteiger partial charge in [0.25, 0.3) is 0 Å². The average molecular weight is 565 g/mol. The second-order valence-electron chi connectivity index (χ2n) is 9.79. The van der Waals surface area contributed by atoms with Gasteiger partial charge < -0.3 is 9.64 Å². The minimum atomic E-state index is -5.00. The van der Waals surface area contributed by atoms with Gasteiger partial charge in [-0.1, -0.05) is 12.1 Å². The number of halogens is 7. The monoisotopic (exact) mass is 565 g/mol. The molecule has 210 valence electrons. The first-order valence-corrected chi connectivity index (χ1v) is 12.3. The van der Waals surface area contributed by atoms with Crippen molar-refractivity contribution in [1.82, 2.24) is 14.9 Å². The molecule has 0 spiro atoms. The smallest absolute Gasteiger partial charge is 0.368 e. The van der Waals surface area contributed by atoms with Gasteiger partial charge in [-0.2, -0.15) is 26.3 Å². The molecule has 4 atom stereocenters. The van der Waals surface area contributed by atoms with E-state index >= 15 is 0 Å². The number of rotatable bonds is 5. The number of ether oxygens (including phenoxy) is 1. The van der Waals surface area contributed by atoms with E-state index in [0.29, 0.717) is 35.3 Å². The largest absolute Gasteiger partial charge is 0.416 e. The van der Waals surface area contributed by atoms with Gasteiger partial charge in [-0.05, 0) is 60.4 Å². The fourth-order valence-corrected chi connectivity index (χ4v) is 5.36. The van der Waals surface area contributed by atoms with Gasteiger partial charge in [0.1, 0.15) is 12.1 Å². The van der Waals surface area contributed by atoms with Gasteiger partial charge in [-0.15, -0.1) is 0 Å². The highest BCUT2D eigenvalue weighted by Gasteiger charge is 2.48. The molecule has 2 aliphatic heterocycles. The molecule has 0 aliphatic carbocycles. The second-order valence-corrected chi connectivity index (χ2v) is 9.79. The quantitative estimate of drug-likeness (QED) is 0.328. The van der Waals surface area contributed by atoms with Crippen molar-refractivity contribution in [2.45, 2.75) is 49.9 Å². The van der Waals surface area contributed by atoms with E-state index < -0.39 is 53.5 Å². The molecule has 3 heterocycles. The fraction of sp³-hybridized carbons (Fsp3) is 0.321. The Morgan fingerprint density at radius 1 is 0.950 bits per heavy atom. The van der Waals surface area contributed by atoms with E-state index in [1.165, 1.54) is 43.6 Å². The van der Waals surface area contributed by atoms with Crippen LogP contribution in [-0.4, -0.2) is 39.5 Å². The average Bonchev–Trinajstić information content (AvgIpc) is 3.26. The van der Waals surface area contributed by atoms with E-state index in [1.807, 2.05) is 0 Å². The molecule has 5 nitrogen and oxygen atoms in total.